The van der Waals surface area contributed by atoms with Crippen LogP contribution in [0.5, 0.6) is 0 Å². The number of aromatic nitrogens is 2. The number of nitrogens with zero attached hydrogens (tertiary/aromatic N) is 2. The van der Waals surface area contributed by atoms with E-state index in [-0.39, 0.29) is 17.5 Å². The number of benzene rings is 3. The van der Waals surface area contributed by atoms with Crippen molar-refractivity contribution in [1.29, 1.82) is 0 Å². The van der Waals surface area contributed by atoms with E-state index in [1.165, 1.54) is 18.2 Å². The summed E-state index contributed by atoms with van der Waals surface area (Å²) in [4.78, 5) is 37.3. The molecular weight excluding hydrogens is 570 g/mol. The summed E-state index contributed by atoms with van der Waals surface area (Å²) in [5, 5.41) is 19.7. The summed E-state index contributed by atoms with van der Waals surface area (Å²) in [6.07, 6.45) is -1.57. The fourth-order valence-electron chi connectivity index (χ4n) is 4.24. The van der Waals surface area contributed by atoms with Crippen LogP contribution in [0.3, 0.4) is 0 Å². The highest BCUT2D eigenvalue weighted by Crippen LogP contribution is 2.31. The Morgan fingerprint density at radius 3 is 2.38 bits per heavy atom. The van der Waals surface area contributed by atoms with E-state index >= 15 is 0 Å². The van der Waals surface area contributed by atoms with Crippen molar-refractivity contribution >= 4 is 35.3 Å². The number of anilines is 1. The van der Waals surface area contributed by atoms with Gasteiger partial charge in [-0.3, -0.25) is 14.8 Å². The van der Waals surface area contributed by atoms with Crippen LogP contribution in [0, 0.1) is 18.6 Å². The second-order valence-electron chi connectivity index (χ2n) is 9.52. The van der Waals surface area contributed by atoms with Crippen LogP contribution < -0.4 is 10.6 Å². The fourth-order valence-corrected chi connectivity index (χ4v) is 4.53. The minimum atomic E-state index is -1.38. The first-order valence-electron chi connectivity index (χ1n) is 12.8. The normalized spacial score (nSPS) is 12.3. The van der Waals surface area contributed by atoms with Gasteiger partial charge in [0.05, 0.1) is 11.4 Å². The Morgan fingerprint density at radius 2 is 1.74 bits per heavy atom. The number of carbonyl (C=O) groups excluding carboxylic acids is 2. The third kappa shape index (κ3) is 6.92. The Balaban J connectivity index is 1.47. The predicted molar refractivity (Wildman–Crippen MR) is 152 cm³/mol. The number of carbonyl (C=O) groups is 3. The fraction of sp³-hybridized carbons (Fsp3) is 0.200. The molecule has 9 nitrogen and oxygen atoms in total. The van der Waals surface area contributed by atoms with Crippen molar-refractivity contribution in [2.75, 3.05) is 5.32 Å². The van der Waals surface area contributed by atoms with Gasteiger partial charge in [-0.15, -0.1) is 0 Å². The molecule has 0 aliphatic carbocycles. The minimum absolute atomic E-state index is 0.158. The Labute approximate surface area is 245 Å². The van der Waals surface area contributed by atoms with Gasteiger partial charge in [0.2, 0.25) is 0 Å². The largest absolute Gasteiger partial charge is 0.480 e. The van der Waals surface area contributed by atoms with Crippen LogP contribution in [0.1, 0.15) is 40.2 Å². The number of ether oxygens (including phenoxy) is 1. The van der Waals surface area contributed by atoms with E-state index in [4.69, 9.17) is 16.3 Å². The number of rotatable bonds is 9. The molecule has 2 unspecified atom stereocenters. The second-order valence-corrected chi connectivity index (χ2v) is 9.93. The molecule has 3 aromatic carbocycles. The van der Waals surface area contributed by atoms with Crippen molar-refractivity contribution in [3.63, 3.8) is 0 Å². The van der Waals surface area contributed by atoms with E-state index in [1.54, 1.807) is 62.0 Å². The van der Waals surface area contributed by atoms with E-state index in [1.807, 2.05) is 0 Å². The van der Waals surface area contributed by atoms with Crippen LogP contribution in [0.4, 0.5) is 19.3 Å². The van der Waals surface area contributed by atoms with Crippen molar-refractivity contribution in [2.24, 2.45) is 7.05 Å². The molecule has 12 heteroatoms. The van der Waals surface area contributed by atoms with Gasteiger partial charge in [0.1, 0.15) is 17.8 Å². The summed E-state index contributed by atoms with van der Waals surface area (Å²) in [5.41, 5.74) is 3.07. The number of aliphatic carboxylic acids is 1. The van der Waals surface area contributed by atoms with Gasteiger partial charge in [-0.25, -0.2) is 18.4 Å². The van der Waals surface area contributed by atoms with E-state index in [9.17, 15) is 28.3 Å². The number of carboxylic acid groups (broad SMARTS) is 1. The molecule has 0 spiro atoms. The molecule has 0 radical (unpaired) electrons. The molecule has 4 rings (SSSR count). The maximum atomic E-state index is 13.5. The molecule has 1 aromatic heterocycles. The summed E-state index contributed by atoms with van der Waals surface area (Å²) in [5.74, 6) is -4.18. The molecule has 2 atom stereocenters. The lowest BCUT2D eigenvalue weighted by Gasteiger charge is -2.16. The first-order chi connectivity index (χ1) is 19.9. The van der Waals surface area contributed by atoms with Gasteiger partial charge in [0, 0.05) is 35.2 Å². The highest BCUT2D eigenvalue weighted by Gasteiger charge is 2.23. The Hall–Kier alpha value is -4.77. The van der Waals surface area contributed by atoms with Crippen molar-refractivity contribution in [1.82, 2.24) is 15.1 Å². The quantitative estimate of drug-likeness (QED) is 0.216. The van der Waals surface area contributed by atoms with Crippen LogP contribution in [0.25, 0.3) is 11.3 Å². The third-order valence-electron chi connectivity index (χ3n) is 6.64. The number of hydrogen-bond donors (Lipinski definition) is 3. The first-order valence-corrected chi connectivity index (χ1v) is 13.2. The van der Waals surface area contributed by atoms with Gasteiger partial charge in [-0.1, -0.05) is 48.0 Å². The molecule has 0 saturated carbocycles. The number of halogens is 3. The zero-order valence-electron chi connectivity index (χ0n) is 22.8. The number of nitrogens with one attached hydrogen (secondary N) is 2. The maximum absolute atomic E-state index is 13.5. The van der Waals surface area contributed by atoms with E-state index in [0.717, 1.165) is 12.1 Å². The van der Waals surface area contributed by atoms with Crippen molar-refractivity contribution < 1.29 is 33.0 Å². The van der Waals surface area contributed by atoms with Gasteiger partial charge in [0.25, 0.3) is 5.91 Å². The standard InChI is InChI=1S/C30H27ClF2N4O5/c1-16-26(35-30(41)42-17(2)21-6-4-5-7-22(21)31)27(36-37(16)3)19-9-11-20(12-10-19)28(38)34-25(29(39)40)15-18-8-13-23(32)24(33)14-18/h4-14,17,25H,15H2,1-3H3,(H,34,38)(H,35,41)(H,39,40). The molecule has 0 aliphatic rings. The molecule has 0 saturated heterocycles. The number of aryl methyl sites for hydroxylation is 1. The molecule has 2 amide bonds. The number of carboxylic acids is 1. The van der Waals surface area contributed by atoms with E-state index < -0.39 is 41.7 Å². The molecular formula is C30H27ClF2N4O5. The van der Waals surface area contributed by atoms with Gasteiger partial charge in [-0.2, -0.15) is 5.10 Å². The lowest BCUT2D eigenvalue weighted by atomic mass is 10.0. The van der Waals surface area contributed by atoms with Crippen LogP contribution in [0.2, 0.25) is 5.02 Å². The lowest BCUT2D eigenvalue weighted by molar-refractivity contribution is -0.139. The van der Waals surface area contributed by atoms with Crippen molar-refractivity contribution in [2.45, 2.75) is 32.4 Å². The van der Waals surface area contributed by atoms with Crippen molar-refractivity contribution in [3.05, 3.63) is 106 Å². The molecule has 0 bridgehead atoms. The van der Waals surface area contributed by atoms with Gasteiger partial charge < -0.3 is 15.2 Å². The maximum Gasteiger partial charge on any atom is 0.412 e. The van der Waals surface area contributed by atoms with Gasteiger partial charge in [0.15, 0.2) is 11.6 Å². The molecule has 0 aliphatic heterocycles. The monoisotopic (exact) mass is 596 g/mol. The average Bonchev–Trinajstić information content (AvgIpc) is 3.23. The molecule has 42 heavy (non-hydrogen) atoms. The molecule has 0 fully saturated rings. The first kappa shape index (κ1) is 30.2. The van der Waals surface area contributed by atoms with E-state index in [0.29, 0.717) is 33.2 Å². The smallest absolute Gasteiger partial charge is 0.412 e. The molecule has 3 N–H and O–H groups in total. The molecule has 4 aromatic rings. The summed E-state index contributed by atoms with van der Waals surface area (Å²) >= 11 is 6.21. The van der Waals surface area contributed by atoms with Crippen LogP contribution in [-0.2, 0) is 23.0 Å². The summed E-state index contributed by atoms with van der Waals surface area (Å²) in [6.45, 7) is 3.47. The topological polar surface area (TPSA) is 123 Å². The summed E-state index contributed by atoms with van der Waals surface area (Å²) < 4.78 is 33.9. The van der Waals surface area contributed by atoms with Crippen LogP contribution in [-0.4, -0.2) is 38.9 Å². The molecule has 218 valence electrons. The Kier molecular flexibility index (Phi) is 9.21. The number of hydrogen-bond acceptors (Lipinski definition) is 5. The van der Waals surface area contributed by atoms with Crippen LogP contribution >= 0.6 is 11.6 Å². The minimum Gasteiger partial charge on any atom is -0.480 e. The summed E-state index contributed by atoms with van der Waals surface area (Å²) in [6, 6.07) is 14.9. The highest BCUT2D eigenvalue weighted by molar-refractivity contribution is 6.31. The predicted octanol–water partition coefficient (Wildman–Crippen LogP) is 6.06. The van der Waals surface area contributed by atoms with Gasteiger partial charge >= 0.3 is 12.1 Å². The number of amides is 2. The average molecular weight is 597 g/mol. The SMILES string of the molecule is Cc1c(NC(=O)OC(C)c2ccccc2Cl)c(-c2ccc(C(=O)NC(Cc3ccc(F)c(F)c3)C(=O)O)cc2)nn1C. The Bertz CT molecular complexity index is 1640. The highest BCUT2D eigenvalue weighted by atomic mass is 35.5. The van der Waals surface area contributed by atoms with Gasteiger partial charge in [-0.05, 0) is 49.7 Å². The summed E-state index contributed by atoms with van der Waals surface area (Å²) in [7, 11) is 1.71. The zero-order valence-corrected chi connectivity index (χ0v) is 23.6. The zero-order chi connectivity index (χ0) is 30.6. The Morgan fingerprint density at radius 1 is 1.05 bits per heavy atom. The molecule has 1 heterocycles. The third-order valence-corrected chi connectivity index (χ3v) is 6.98. The lowest BCUT2D eigenvalue weighted by Crippen LogP contribution is -2.42. The van der Waals surface area contributed by atoms with Crippen molar-refractivity contribution in [3.8, 4) is 11.3 Å². The second kappa shape index (κ2) is 12.8. The van der Waals surface area contributed by atoms with E-state index in [2.05, 4.69) is 15.7 Å². The van der Waals surface area contributed by atoms with Crippen LogP contribution in [0.15, 0.2) is 66.7 Å².